The van der Waals surface area contributed by atoms with Crippen LogP contribution in [0.3, 0.4) is 0 Å². The molecule has 0 spiro atoms. The maximum Gasteiger partial charge on any atom is 0.243 e. The molecule has 22 heavy (non-hydrogen) atoms. The normalized spacial score (nSPS) is 11.1. The van der Waals surface area contributed by atoms with E-state index in [1.807, 2.05) is 24.7 Å². The van der Waals surface area contributed by atoms with Gasteiger partial charge in [-0.15, -0.1) is 15.3 Å². The van der Waals surface area contributed by atoms with E-state index in [0.29, 0.717) is 19.1 Å². The van der Waals surface area contributed by atoms with E-state index in [1.54, 1.807) is 18.9 Å². The fourth-order valence-electron chi connectivity index (χ4n) is 2.06. The largest absolute Gasteiger partial charge is 0.476 e. The Labute approximate surface area is 135 Å². The van der Waals surface area contributed by atoms with Crippen molar-refractivity contribution >= 4 is 11.8 Å². The molecule has 0 radical (unpaired) electrons. The first kappa shape index (κ1) is 16.8. The first-order chi connectivity index (χ1) is 10.7. The number of hydrogen-bond donors (Lipinski definition) is 0. The summed E-state index contributed by atoms with van der Waals surface area (Å²) in [5, 5.41) is 14.0. The van der Waals surface area contributed by atoms with Gasteiger partial charge in [-0.05, 0) is 20.8 Å². The lowest BCUT2D eigenvalue weighted by Crippen LogP contribution is -2.02. The van der Waals surface area contributed by atoms with Crippen molar-refractivity contribution in [1.29, 1.82) is 0 Å². The summed E-state index contributed by atoms with van der Waals surface area (Å²) in [4.78, 5) is 0. The summed E-state index contributed by atoms with van der Waals surface area (Å²) < 4.78 is 14.7. The molecule has 0 N–H and O–H groups in total. The second kappa shape index (κ2) is 8.19. The van der Waals surface area contributed by atoms with Crippen LogP contribution in [0, 0.1) is 0 Å². The van der Waals surface area contributed by atoms with E-state index in [9.17, 15) is 0 Å². The van der Waals surface area contributed by atoms with Gasteiger partial charge in [0.15, 0.2) is 11.0 Å². The summed E-state index contributed by atoms with van der Waals surface area (Å²) in [6.45, 7) is 8.92. The van der Waals surface area contributed by atoms with Crippen LogP contribution in [0.2, 0.25) is 0 Å². The molecule has 0 aliphatic rings. The molecule has 0 atom stereocenters. The quantitative estimate of drug-likeness (QED) is 0.521. The number of ether oxygens (including phenoxy) is 2. The van der Waals surface area contributed by atoms with Gasteiger partial charge in [-0.2, -0.15) is 0 Å². The lowest BCUT2D eigenvalue weighted by atomic mass is 10.3. The van der Waals surface area contributed by atoms with E-state index in [4.69, 9.17) is 9.47 Å². The Morgan fingerprint density at radius 2 is 2.00 bits per heavy atom. The molecule has 8 heteroatoms. The van der Waals surface area contributed by atoms with Gasteiger partial charge in [-0.1, -0.05) is 11.8 Å². The van der Waals surface area contributed by atoms with Crippen LogP contribution in [-0.2, 0) is 17.8 Å². The summed E-state index contributed by atoms with van der Waals surface area (Å²) in [6.07, 6.45) is 1.96. The van der Waals surface area contributed by atoms with E-state index in [-0.39, 0.29) is 0 Å². The fraction of sp³-hybridized carbons (Fsp3) is 0.643. The van der Waals surface area contributed by atoms with E-state index in [1.165, 1.54) is 0 Å². The molecule has 0 aromatic carbocycles. The van der Waals surface area contributed by atoms with Crippen molar-refractivity contribution in [3.05, 3.63) is 6.20 Å². The first-order valence-electron chi connectivity index (χ1n) is 7.50. The molecule has 2 aromatic rings. The molecular weight excluding hydrogens is 302 g/mol. The topological polar surface area (TPSA) is 67.0 Å². The number of hydrogen-bond acceptors (Lipinski definition) is 6. The molecule has 2 rings (SSSR count). The molecule has 0 amide bonds. The Bertz CT molecular complexity index is 596. The van der Waals surface area contributed by atoms with E-state index < -0.39 is 0 Å². The predicted octanol–water partition coefficient (Wildman–Crippen LogP) is 2.32. The third-order valence-corrected chi connectivity index (χ3v) is 4.06. The zero-order chi connectivity index (χ0) is 15.9. The van der Waals surface area contributed by atoms with Crippen molar-refractivity contribution in [2.45, 2.75) is 39.0 Å². The van der Waals surface area contributed by atoms with Crippen LogP contribution in [0.5, 0.6) is 5.88 Å². The highest BCUT2D eigenvalue weighted by molar-refractivity contribution is 7.99. The van der Waals surface area contributed by atoms with Crippen LogP contribution in [-0.4, -0.2) is 50.6 Å². The van der Waals surface area contributed by atoms with Gasteiger partial charge in [-0.3, -0.25) is 4.68 Å². The molecule has 2 heterocycles. The van der Waals surface area contributed by atoms with Gasteiger partial charge in [0.1, 0.15) is 5.56 Å². The summed E-state index contributed by atoms with van der Waals surface area (Å²) in [5.41, 5.74) is 0.886. The fourth-order valence-corrected chi connectivity index (χ4v) is 2.96. The highest BCUT2D eigenvalue weighted by atomic mass is 32.2. The summed E-state index contributed by atoms with van der Waals surface area (Å²) in [6, 6.07) is 0. The van der Waals surface area contributed by atoms with Gasteiger partial charge in [0.2, 0.25) is 5.88 Å². The monoisotopic (exact) mass is 325 g/mol. The molecule has 0 bridgehead atoms. The minimum absolute atomic E-state index is 0.573. The molecule has 0 fully saturated rings. The molecule has 7 nitrogen and oxygen atoms in total. The molecule has 122 valence electrons. The number of aromatic nitrogens is 5. The Morgan fingerprint density at radius 1 is 1.18 bits per heavy atom. The van der Waals surface area contributed by atoms with Crippen molar-refractivity contribution < 1.29 is 9.47 Å². The van der Waals surface area contributed by atoms with Crippen molar-refractivity contribution in [3.63, 3.8) is 0 Å². The molecule has 0 saturated heterocycles. The van der Waals surface area contributed by atoms with E-state index >= 15 is 0 Å². The molecular formula is C14H23N5O2S. The summed E-state index contributed by atoms with van der Waals surface area (Å²) in [7, 11) is 1.70. The molecule has 0 aliphatic carbocycles. The van der Waals surface area contributed by atoms with Gasteiger partial charge in [0.05, 0.1) is 13.2 Å². The minimum atomic E-state index is 0.573. The molecule has 0 unspecified atom stereocenters. The van der Waals surface area contributed by atoms with E-state index in [2.05, 4.69) is 26.8 Å². The van der Waals surface area contributed by atoms with Crippen LogP contribution >= 0.6 is 11.8 Å². The second-order valence-corrected chi connectivity index (χ2v) is 5.59. The Morgan fingerprint density at radius 3 is 2.64 bits per heavy atom. The number of thioether (sulfide) groups is 1. The molecule has 0 aliphatic heterocycles. The lowest BCUT2D eigenvalue weighted by Gasteiger charge is -2.07. The lowest BCUT2D eigenvalue weighted by molar-refractivity contribution is 0.218. The molecule has 2 aromatic heterocycles. The van der Waals surface area contributed by atoms with Gasteiger partial charge >= 0.3 is 0 Å². The van der Waals surface area contributed by atoms with Crippen molar-refractivity contribution in [1.82, 2.24) is 24.5 Å². The van der Waals surface area contributed by atoms with Crippen molar-refractivity contribution in [2.75, 3.05) is 26.1 Å². The van der Waals surface area contributed by atoms with Crippen LogP contribution < -0.4 is 4.74 Å². The third-order valence-electron chi connectivity index (χ3n) is 3.13. The average Bonchev–Trinajstić information content (AvgIpc) is 3.11. The second-order valence-electron chi connectivity index (χ2n) is 4.53. The zero-order valence-corrected chi connectivity index (χ0v) is 14.4. The first-order valence-corrected chi connectivity index (χ1v) is 8.49. The molecule has 0 saturated carbocycles. The number of nitrogens with zero attached hydrogens (tertiary/aromatic N) is 5. The van der Waals surface area contributed by atoms with Crippen molar-refractivity contribution in [3.8, 4) is 17.3 Å². The maximum atomic E-state index is 5.64. The zero-order valence-electron chi connectivity index (χ0n) is 13.6. The van der Waals surface area contributed by atoms with Gasteiger partial charge in [0, 0.05) is 32.1 Å². The highest BCUT2D eigenvalue weighted by Crippen LogP contribution is 2.30. The minimum Gasteiger partial charge on any atom is -0.476 e. The number of methoxy groups -OCH3 is 1. The average molecular weight is 325 g/mol. The van der Waals surface area contributed by atoms with Crippen LogP contribution in [0.1, 0.15) is 20.8 Å². The SMILES string of the molecule is CCOc1nn(CC)cc1-c1nnc(SCCOC)n1CC. The summed E-state index contributed by atoms with van der Waals surface area (Å²) in [5.74, 6) is 2.26. The Kier molecular flexibility index (Phi) is 6.26. The van der Waals surface area contributed by atoms with Crippen molar-refractivity contribution in [2.24, 2.45) is 0 Å². The maximum absolute atomic E-state index is 5.64. The van der Waals surface area contributed by atoms with Gasteiger partial charge in [0.25, 0.3) is 0 Å². The van der Waals surface area contributed by atoms with Crippen LogP contribution in [0.4, 0.5) is 0 Å². The highest BCUT2D eigenvalue weighted by Gasteiger charge is 2.20. The van der Waals surface area contributed by atoms with E-state index in [0.717, 1.165) is 35.4 Å². The summed E-state index contributed by atoms with van der Waals surface area (Å²) >= 11 is 1.64. The van der Waals surface area contributed by atoms with Gasteiger partial charge < -0.3 is 14.0 Å². The third kappa shape index (κ3) is 3.61. The number of aryl methyl sites for hydroxylation is 1. The Balaban J connectivity index is 2.33. The van der Waals surface area contributed by atoms with Gasteiger partial charge in [-0.25, -0.2) is 0 Å². The van der Waals surface area contributed by atoms with Crippen LogP contribution in [0.25, 0.3) is 11.4 Å². The predicted molar refractivity (Wildman–Crippen MR) is 86.4 cm³/mol. The smallest absolute Gasteiger partial charge is 0.243 e. The Hall–Kier alpha value is -1.54. The van der Waals surface area contributed by atoms with Crippen LogP contribution in [0.15, 0.2) is 11.4 Å². The number of rotatable bonds is 9. The standard InChI is InChI=1S/C14H23N5O2S/c1-5-18-10-11(13(17-18)21-7-3)12-15-16-14(19(12)6-2)22-9-8-20-4/h10H,5-9H2,1-4H3.